The second kappa shape index (κ2) is 8.49. The van der Waals surface area contributed by atoms with Gasteiger partial charge in [-0.1, -0.05) is 0 Å². The van der Waals surface area contributed by atoms with E-state index < -0.39 is 5.97 Å². The second-order valence-corrected chi connectivity index (χ2v) is 5.31. The average molecular weight is 300 g/mol. The monoisotopic (exact) mass is 300 g/mol. The molecule has 1 unspecified atom stereocenters. The van der Waals surface area contributed by atoms with E-state index in [1.54, 1.807) is 11.9 Å². The summed E-state index contributed by atoms with van der Waals surface area (Å²) in [6.07, 6.45) is 3.49. The van der Waals surface area contributed by atoms with Crippen molar-refractivity contribution in [1.82, 2.24) is 9.80 Å². The van der Waals surface area contributed by atoms with Crippen molar-refractivity contribution >= 4 is 18.0 Å². The first-order valence-corrected chi connectivity index (χ1v) is 7.26. The number of ether oxygens (including phenoxy) is 1. The number of nitrogens with zero attached hydrogens (tertiary/aromatic N) is 2. The van der Waals surface area contributed by atoms with Crippen LogP contribution in [-0.2, 0) is 14.3 Å². The summed E-state index contributed by atoms with van der Waals surface area (Å²) in [6.45, 7) is 0.944. The van der Waals surface area contributed by atoms with Gasteiger partial charge in [-0.05, 0) is 25.7 Å². The van der Waals surface area contributed by atoms with Crippen LogP contribution in [0, 0.1) is 0 Å². The number of methoxy groups -OCH3 is 1. The number of hydrogen-bond acceptors (Lipinski definition) is 4. The number of carbonyl (C=O) groups is 3. The lowest BCUT2D eigenvalue weighted by atomic mass is 9.98. The molecule has 0 spiro atoms. The zero-order valence-electron chi connectivity index (χ0n) is 12.7. The van der Waals surface area contributed by atoms with E-state index >= 15 is 0 Å². The largest absolute Gasteiger partial charge is 0.481 e. The maximum Gasteiger partial charge on any atom is 0.320 e. The molecule has 1 saturated heterocycles. The fourth-order valence-corrected chi connectivity index (χ4v) is 2.52. The van der Waals surface area contributed by atoms with E-state index in [0.29, 0.717) is 19.5 Å². The lowest BCUT2D eigenvalue weighted by molar-refractivity contribution is -0.141. The molecule has 2 amide bonds. The number of aliphatic carboxylic acids is 1. The molecule has 1 N–H and O–H groups in total. The van der Waals surface area contributed by atoms with Crippen LogP contribution in [0.1, 0.15) is 38.5 Å². The number of likely N-dealkylation sites (tertiary alicyclic amines) is 1. The first kappa shape index (κ1) is 17.3. The molecule has 1 fully saturated rings. The summed E-state index contributed by atoms with van der Waals surface area (Å²) in [5.41, 5.74) is 0. The summed E-state index contributed by atoms with van der Waals surface area (Å²) in [5.74, 6) is -1.19. The molecule has 1 rings (SSSR count). The lowest BCUT2D eigenvalue weighted by Crippen LogP contribution is -2.49. The van der Waals surface area contributed by atoms with Crippen LogP contribution in [0.25, 0.3) is 0 Å². The summed E-state index contributed by atoms with van der Waals surface area (Å²) in [5, 5.41) is 8.79. The van der Waals surface area contributed by atoms with E-state index in [1.165, 1.54) is 12.0 Å². The molecule has 0 saturated carbocycles. The average Bonchev–Trinajstić information content (AvgIpc) is 2.49. The minimum Gasteiger partial charge on any atom is -0.481 e. The summed E-state index contributed by atoms with van der Waals surface area (Å²) < 4.78 is 4.56. The van der Waals surface area contributed by atoms with Gasteiger partial charge in [0.05, 0.1) is 13.5 Å². The molecule has 0 bridgehead atoms. The van der Waals surface area contributed by atoms with E-state index in [0.717, 1.165) is 19.3 Å². The molecule has 7 heteroatoms. The topological polar surface area (TPSA) is 87.2 Å². The van der Waals surface area contributed by atoms with Crippen molar-refractivity contribution in [1.29, 1.82) is 0 Å². The second-order valence-electron chi connectivity index (χ2n) is 5.31. The summed E-state index contributed by atoms with van der Waals surface area (Å²) in [7, 11) is 2.96. The number of esters is 1. The van der Waals surface area contributed by atoms with Gasteiger partial charge in [0.1, 0.15) is 0 Å². The zero-order valence-corrected chi connectivity index (χ0v) is 12.7. The van der Waals surface area contributed by atoms with Gasteiger partial charge in [0.15, 0.2) is 0 Å². The predicted molar refractivity (Wildman–Crippen MR) is 75.9 cm³/mol. The van der Waals surface area contributed by atoms with Gasteiger partial charge in [0.2, 0.25) is 0 Å². The Bertz CT molecular complexity index is 386. The van der Waals surface area contributed by atoms with E-state index in [9.17, 15) is 14.4 Å². The standard InChI is InChI=1S/C14H24N2O5/c1-15(10-8-13(19)21-2)14(20)16-9-4-3-5-11(16)6-7-12(17)18/h11H,3-10H2,1-2H3,(H,17,18). The van der Waals surface area contributed by atoms with Gasteiger partial charge in [0, 0.05) is 32.6 Å². The molecule has 0 radical (unpaired) electrons. The third kappa shape index (κ3) is 5.61. The van der Waals surface area contributed by atoms with E-state index in [-0.39, 0.29) is 30.9 Å². The van der Waals surface area contributed by atoms with Gasteiger partial charge < -0.3 is 19.6 Å². The molecule has 1 heterocycles. The van der Waals surface area contributed by atoms with Crippen molar-refractivity contribution < 1.29 is 24.2 Å². The molecule has 21 heavy (non-hydrogen) atoms. The first-order valence-electron chi connectivity index (χ1n) is 7.26. The predicted octanol–water partition coefficient (Wildman–Crippen LogP) is 1.32. The Balaban J connectivity index is 2.54. The van der Waals surface area contributed by atoms with Crippen molar-refractivity contribution in [2.24, 2.45) is 0 Å². The Labute approximate surface area is 124 Å². The molecule has 0 aromatic rings. The highest BCUT2D eigenvalue weighted by Gasteiger charge is 2.29. The smallest absolute Gasteiger partial charge is 0.320 e. The quantitative estimate of drug-likeness (QED) is 0.748. The Kier molecular flexibility index (Phi) is 6.98. The molecule has 7 nitrogen and oxygen atoms in total. The molecule has 0 aromatic heterocycles. The Morgan fingerprint density at radius 2 is 2.00 bits per heavy atom. The number of carboxylic acid groups (broad SMARTS) is 1. The van der Waals surface area contributed by atoms with Gasteiger partial charge in [-0.25, -0.2) is 4.79 Å². The number of amides is 2. The highest BCUT2D eigenvalue weighted by molar-refractivity contribution is 5.76. The van der Waals surface area contributed by atoms with Crippen LogP contribution < -0.4 is 0 Å². The fourth-order valence-electron chi connectivity index (χ4n) is 2.52. The normalized spacial score (nSPS) is 18.2. The SMILES string of the molecule is COC(=O)CCN(C)C(=O)N1CCCCC1CCC(=O)O. The highest BCUT2D eigenvalue weighted by atomic mass is 16.5. The molecule has 120 valence electrons. The first-order chi connectivity index (χ1) is 9.95. The summed E-state index contributed by atoms with van der Waals surface area (Å²) in [6, 6.07) is -0.170. The van der Waals surface area contributed by atoms with Gasteiger partial charge in [-0.2, -0.15) is 0 Å². The van der Waals surface area contributed by atoms with Crippen LogP contribution in [0.3, 0.4) is 0 Å². The maximum absolute atomic E-state index is 12.4. The summed E-state index contributed by atoms with van der Waals surface area (Å²) in [4.78, 5) is 37.5. The number of carboxylic acids is 1. The third-order valence-electron chi connectivity index (χ3n) is 3.77. The van der Waals surface area contributed by atoms with Gasteiger partial charge in [-0.15, -0.1) is 0 Å². The molecular weight excluding hydrogens is 276 g/mol. The van der Waals surface area contributed by atoms with Crippen LogP contribution in [0.5, 0.6) is 0 Å². The minimum atomic E-state index is -0.841. The number of piperidine rings is 1. The Morgan fingerprint density at radius 1 is 1.29 bits per heavy atom. The maximum atomic E-state index is 12.4. The molecular formula is C14H24N2O5. The number of carbonyl (C=O) groups excluding carboxylic acids is 2. The third-order valence-corrected chi connectivity index (χ3v) is 3.77. The van der Waals surface area contributed by atoms with Crippen molar-refractivity contribution in [3.05, 3.63) is 0 Å². The molecule has 0 aliphatic carbocycles. The summed E-state index contributed by atoms with van der Waals surface area (Å²) >= 11 is 0. The van der Waals surface area contributed by atoms with Crippen LogP contribution >= 0.6 is 0 Å². The number of hydrogen-bond donors (Lipinski definition) is 1. The molecule has 1 atom stereocenters. The lowest BCUT2D eigenvalue weighted by Gasteiger charge is -2.38. The van der Waals surface area contributed by atoms with Crippen LogP contribution in [0.4, 0.5) is 4.79 Å². The van der Waals surface area contributed by atoms with Crippen LogP contribution in [0.15, 0.2) is 0 Å². The highest BCUT2D eigenvalue weighted by Crippen LogP contribution is 2.22. The van der Waals surface area contributed by atoms with Crippen molar-refractivity contribution in [2.75, 3.05) is 27.2 Å². The molecule has 1 aliphatic heterocycles. The number of urea groups is 1. The van der Waals surface area contributed by atoms with E-state index in [1.807, 2.05) is 0 Å². The van der Waals surface area contributed by atoms with Crippen molar-refractivity contribution in [3.63, 3.8) is 0 Å². The van der Waals surface area contributed by atoms with Crippen LogP contribution in [-0.4, -0.2) is 66.2 Å². The molecule has 1 aliphatic rings. The van der Waals surface area contributed by atoms with Gasteiger partial charge >= 0.3 is 18.0 Å². The van der Waals surface area contributed by atoms with Crippen molar-refractivity contribution in [3.8, 4) is 0 Å². The number of rotatable bonds is 6. The Morgan fingerprint density at radius 3 is 2.62 bits per heavy atom. The Hall–Kier alpha value is -1.79. The molecule has 0 aromatic carbocycles. The van der Waals surface area contributed by atoms with E-state index in [4.69, 9.17) is 5.11 Å². The fraction of sp³-hybridized carbons (Fsp3) is 0.786. The van der Waals surface area contributed by atoms with Crippen molar-refractivity contribution in [2.45, 2.75) is 44.6 Å². The van der Waals surface area contributed by atoms with Crippen LogP contribution in [0.2, 0.25) is 0 Å². The minimum absolute atomic E-state index is 0.0251. The zero-order chi connectivity index (χ0) is 15.8. The van der Waals surface area contributed by atoms with Gasteiger partial charge in [-0.3, -0.25) is 9.59 Å². The van der Waals surface area contributed by atoms with E-state index in [2.05, 4.69) is 4.74 Å². The van der Waals surface area contributed by atoms with Gasteiger partial charge in [0.25, 0.3) is 0 Å².